The number of nitrogens with zero attached hydrogens (tertiary/aromatic N) is 2. The maximum Gasteiger partial charge on any atom is 0.225 e. The number of sulfonamides is 1. The first-order valence-electron chi connectivity index (χ1n) is 7.10. The van der Waals surface area contributed by atoms with Gasteiger partial charge in [0.25, 0.3) is 0 Å². The maximum atomic E-state index is 12.3. The molecule has 0 aliphatic carbocycles. The molecule has 0 saturated carbocycles. The molecular weight excluding hydrogens is 316 g/mol. The van der Waals surface area contributed by atoms with Crippen LogP contribution in [0.3, 0.4) is 0 Å². The third-order valence-corrected chi connectivity index (χ3v) is 7.76. The minimum atomic E-state index is -3.19. The molecule has 0 atom stereocenters. The van der Waals surface area contributed by atoms with Crippen LogP contribution in [0.2, 0.25) is 0 Å². The van der Waals surface area contributed by atoms with E-state index in [9.17, 15) is 21.6 Å². The van der Waals surface area contributed by atoms with Crippen LogP contribution < -0.4 is 0 Å². The van der Waals surface area contributed by atoms with Gasteiger partial charge in [0.2, 0.25) is 15.9 Å². The van der Waals surface area contributed by atoms with Gasteiger partial charge in [-0.25, -0.2) is 21.1 Å². The highest BCUT2D eigenvalue weighted by molar-refractivity contribution is 7.92. The summed E-state index contributed by atoms with van der Waals surface area (Å²) in [6.07, 6.45) is 2.19. The Labute approximate surface area is 126 Å². The average molecular weight is 338 g/mol. The van der Waals surface area contributed by atoms with Crippen LogP contribution >= 0.6 is 0 Å². The number of hydrogen-bond acceptors (Lipinski definition) is 5. The number of piperidine rings is 1. The van der Waals surface area contributed by atoms with Crippen molar-refractivity contribution in [1.82, 2.24) is 9.21 Å². The smallest absolute Gasteiger partial charge is 0.225 e. The Bertz CT molecular complexity index is 600. The molecule has 0 aromatic heterocycles. The van der Waals surface area contributed by atoms with E-state index in [2.05, 4.69) is 0 Å². The Morgan fingerprint density at radius 1 is 1.10 bits per heavy atom. The summed E-state index contributed by atoms with van der Waals surface area (Å²) in [5, 5.41) is -0.428. The first kappa shape index (κ1) is 16.7. The monoisotopic (exact) mass is 338 g/mol. The lowest BCUT2D eigenvalue weighted by atomic mass is 9.95. The molecule has 21 heavy (non-hydrogen) atoms. The van der Waals surface area contributed by atoms with Gasteiger partial charge in [-0.15, -0.1) is 0 Å². The van der Waals surface area contributed by atoms with Crippen LogP contribution in [-0.4, -0.2) is 75.4 Å². The van der Waals surface area contributed by atoms with Crippen molar-refractivity contribution in [2.24, 2.45) is 5.92 Å². The summed E-state index contributed by atoms with van der Waals surface area (Å²) in [6, 6.07) is 0. The van der Waals surface area contributed by atoms with Gasteiger partial charge in [0, 0.05) is 37.8 Å². The first-order chi connectivity index (χ1) is 9.65. The summed E-state index contributed by atoms with van der Waals surface area (Å²) in [7, 11) is -6.26. The number of hydrogen-bond donors (Lipinski definition) is 0. The largest absolute Gasteiger partial charge is 0.340 e. The molecule has 2 heterocycles. The molecule has 0 bridgehead atoms. The van der Waals surface area contributed by atoms with Gasteiger partial charge < -0.3 is 4.90 Å². The van der Waals surface area contributed by atoms with Gasteiger partial charge >= 0.3 is 0 Å². The van der Waals surface area contributed by atoms with Crippen molar-refractivity contribution in [3.05, 3.63) is 0 Å². The van der Waals surface area contributed by atoms with E-state index in [1.807, 2.05) is 0 Å². The fraction of sp³-hybridized carbons (Fsp3) is 0.917. The van der Waals surface area contributed by atoms with E-state index in [1.165, 1.54) is 10.6 Å². The SMILES string of the molecule is CCS(=O)(=O)C1CN(C(=O)C2CCN(S(C)(=O)=O)CC2)C1. The van der Waals surface area contributed by atoms with Crippen LogP contribution in [0.4, 0.5) is 0 Å². The van der Waals surface area contributed by atoms with E-state index in [0.29, 0.717) is 25.9 Å². The van der Waals surface area contributed by atoms with Gasteiger partial charge in [0.05, 0.1) is 11.5 Å². The Hall–Kier alpha value is -0.670. The first-order valence-corrected chi connectivity index (χ1v) is 10.7. The average Bonchev–Trinajstić information content (AvgIpc) is 2.35. The lowest BCUT2D eigenvalue weighted by Gasteiger charge is -2.41. The second kappa shape index (κ2) is 5.85. The molecule has 0 radical (unpaired) electrons. The molecule has 2 rings (SSSR count). The number of rotatable bonds is 4. The summed E-state index contributed by atoms with van der Waals surface area (Å²) in [5.41, 5.74) is 0. The zero-order valence-electron chi connectivity index (χ0n) is 12.4. The minimum Gasteiger partial charge on any atom is -0.340 e. The van der Waals surface area contributed by atoms with Crippen molar-refractivity contribution in [2.45, 2.75) is 25.0 Å². The van der Waals surface area contributed by atoms with Crippen LogP contribution in [0.15, 0.2) is 0 Å². The summed E-state index contributed by atoms with van der Waals surface area (Å²) >= 11 is 0. The number of amides is 1. The van der Waals surface area contributed by atoms with Crippen LogP contribution in [0.25, 0.3) is 0 Å². The van der Waals surface area contributed by atoms with Crippen LogP contribution in [0.1, 0.15) is 19.8 Å². The topological polar surface area (TPSA) is 91.8 Å². The van der Waals surface area contributed by atoms with Gasteiger partial charge in [-0.1, -0.05) is 6.92 Å². The molecule has 0 aromatic carbocycles. The zero-order valence-corrected chi connectivity index (χ0v) is 14.0. The molecule has 0 N–H and O–H groups in total. The quantitative estimate of drug-likeness (QED) is 0.676. The summed E-state index contributed by atoms with van der Waals surface area (Å²) in [5.74, 6) is -0.120. The van der Waals surface area contributed by atoms with Crippen molar-refractivity contribution >= 4 is 25.8 Å². The van der Waals surface area contributed by atoms with Gasteiger partial charge in [0.15, 0.2) is 9.84 Å². The Morgan fingerprint density at radius 3 is 2.05 bits per heavy atom. The highest BCUT2D eigenvalue weighted by Crippen LogP contribution is 2.25. The standard InChI is InChI=1S/C12H22N2O5S2/c1-3-21(18,19)11-8-13(9-11)12(15)10-4-6-14(7-5-10)20(2,16)17/h10-11H,3-9H2,1-2H3. The van der Waals surface area contributed by atoms with Crippen molar-refractivity contribution in [3.63, 3.8) is 0 Å². The molecule has 0 aromatic rings. The molecule has 122 valence electrons. The predicted octanol–water partition coefficient (Wildman–Crippen LogP) is -0.696. The highest BCUT2D eigenvalue weighted by atomic mass is 32.2. The van der Waals surface area contributed by atoms with E-state index in [4.69, 9.17) is 0 Å². The molecular formula is C12H22N2O5S2. The fourth-order valence-electron chi connectivity index (χ4n) is 2.77. The van der Waals surface area contributed by atoms with Crippen molar-refractivity contribution in [3.8, 4) is 0 Å². The van der Waals surface area contributed by atoms with Gasteiger partial charge in [-0.05, 0) is 12.8 Å². The van der Waals surface area contributed by atoms with Crippen molar-refractivity contribution < 1.29 is 21.6 Å². The molecule has 2 aliphatic rings. The molecule has 0 unspecified atom stereocenters. The van der Waals surface area contributed by atoms with E-state index < -0.39 is 25.1 Å². The Kier molecular flexibility index (Phi) is 4.65. The highest BCUT2D eigenvalue weighted by Gasteiger charge is 2.41. The molecule has 0 spiro atoms. The normalized spacial score (nSPS) is 23.0. The third-order valence-electron chi connectivity index (χ3n) is 4.34. The summed E-state index contributed by atoms with van der Waals surface area (Å²) in [6.45, 7) is 2.89. The lowest BCUT2D eigenvalue weighted by molar-refractivity contribution is -0.140. The number of likely N-dealkylation sites (tertiary alicyclic amines) is 1. The van der Waals surface area contributed by atoms with Crippen molar-refractivity contribution in [1.29, 1.82) is 0 Å². The van der Waals surface area contributed by atoms with Crippen LogP contribution in [0.5, 0.6) is 0 Å². The Morgan fingerprint density at radius 2 is 1.62 bits per heavy atom. The predicted molar refractivity (Wildman–Crippen MR) is 79.0 cm³/mol. The van der Waals surface area contributed by atoms with Crippen LogP contribution in [-0.2, 0) is 24.7 Å². The van der Waals surface area contributed by atoms with Gasteiger partial charge in [-0.2, -0.15) is 0 Å². The van der Waals surface area contributed by atoms with Crippen LogP contribution in [0, 0.1) is 5.92 Å². The van der Waals surface area contributed by atoms with E-state index in [0.717, 1.165) is 0 Å². The third kappa shape index (κ3) is 3.57. The minimum absolute atomic E-state index is 0.0364. The maximum absolute atomic E-state index is 12.3. The summed E-state index contributed by atoms with van der Waals surface area (Å²) in [4.78, 5) is 13.8. The van der Waals surface area contributed by atoms with E-state index >= 15 is 0 Å². The number of carbonyl (C=O) groups is 1. The van der Waals surface area contributed by atoms with E-state index in [-0.39, 0.29) is 30.7 Å². The van der Waals surface area contributed by atoms with Gasteiger partial charge in [0.1, 0.15) is 0 Å². The second-order valence-electron chi connectivity index (χ2n) is 5.75. The molecule has 9 heteroatoms. The van der Waals surface area contributed by atoms with E-state index in [1.54, 1.807) is 11.8 Å². The fourth-order valence-corrected chi connectivity index (χ4v) is 4.93. The summed E-state index contributed by atoms with van der Waals surface area (Å²) < 4.78 is 47.6. The molecule has 2 aliphatic heterocycles. The number of carbonyl (C=O) groups excluding carboxylic acids is 1. The Balaban J connectivity index is 1.85. The molecule has 7 nitrogen and oxygen atoms in total. The molecule has 2 fully saturated rings. The number of sulfone groups is 1. The second-order valence-corrected chi connectivity index (χ2v) is 10.3. The van der Waals surface area contributed by atoms with Crippen molar-refractivity contribution in [2.75, 3.05) is 38.2 Å². The molecule has 1 amide bonds. The zero-order chi connectivity index (χ0) is 15.8. The molecule has 2 saturated heterocycles. The lowest BCUT2D eigenvalue weighted by Crippen LogP contribution is -2.59. The van der Waals surface area contributed by atoms with Gasteiger partial charge in [-0.3, -0.25) is 4.79 Å².